The molecule has 10 nitrogen and oxygen atoms in total. The SMILES string of the molecule is COc1nc(-c2cccc(-c3cccc(-c4ccc(C(C)N5CCN(C(C)=O)CC5)c(OC)n4)c3Cl)c2Cl)ccc1CNC[C@@H]1CCC(=O)N1. The zero-order chi connectivity index (χ0) is 35.4. The van der Waals surface area contributed by atoms with Gasteiger partial charge in [-0.2, -0.15) is 0 Å². The number of hydrogen-bond acceptors (Lipinski definition) is 8. The molecule has 0 aliphatic carbocycles. The Kier molecular flexibility index (Phi) is 11.2. The van der Waals surface area contributed by atoms with Crippen LogP contribution in [0.25, 0.3) is 33.6 Å². The topological polar surface area (TPSA) is 109 Å². The first-order valence-corrected chi connectivity index (χ1v) is 17.6. The van der Waals surface area contributed by atoms with Crippen LogP contribution in [0.4, 0.5) is 0 Å². The Morgan fingerprint density at radius 3 is 2.02 bits per heavy atom. The summed E-state index contributed by atoms with van der Waals surface area (Å²) >= 11 is 14.2. The number of rotatable bonds is 11. The number of ether oxygens (including phenoxy) is 2. The van der Waals surface area contributed by atoms with Crippen molar-refractivity contribution >= 4 is 35.0 Å². The standard InChI is InChI=1S/C38H42Cl2N6O4/c1-23(45-17-19-46(20-18-45)24(2)47)27-13-15-33(44-38(27)50-4)31-10-6-8-29(36(31)40)28-7-5-9-30(35(28)39)32-14-11-25(37(43-32)49-3)21-41-22-26-12-16-34(48)42-26/h5-11,13-15,23,26,41H,12,16-22H2,1-4H3,(H,42,48)/t23?,26-/m0/s1. The van der Waals surface area contributed by atoms with Gasteiger partial charge in [0.15, 0.2) is 0 Å². The molecule has 4 aromatic rings. The third-order valence-corrected chi connectivity index (χ3v) is 10.4. The Morgan fingerprint density at radius 2 is 1.46 bits per heavy atom. The summed E-state index contributed by atoms with van der Waals surface area (Å²) in [5, 5.41) is 7.41. The Labute approximate surface area is 303 Å². The maximum absolute atomic E-state index is 11.8. The molecule has 0 radical (unpaired) electrons. The number of aromatic nitrogens is 2. The van der Waals surface area contributed by atoms with Gasteiger partial charge in [0.05, 0.1) is 35.7 Å². The van der Waals surface area contributed by atoms with Gasteiger partial charge in [0, 0.05) is 98.1 Å². The highest BCUT2D eigenvalue weighted by Gasteiger charge is 2.26. The number of pyridine rings is 2. The highest BCUT2D eigenvalue weighted by atomic mass is 35.5. The Morgan fingerprint density at radius 1 is 0.880 bits per heavy atom. The molecule has 2 atom stereocenters. The molecule has 6 rings (SSSR count). The molecule has 2 aliphatic rings. The molecule has 2 amide bonds. The predicted molar refractivity (Wildman–Crippen MR) is 197 cm³/mol. The van der Waals surface area contributed by atoms with Gasteiger partial charge in [-0.3, -0.25) is 14.5 Å². The number of hydrogen-bond donors (Lipinski definition) is 2. The summed E-state index contributed by atoms with van der Waals surface area (Å²) in [4.78, 5) is 37.2. The number of amides is 2. The van der Waals surface area contributed by atoms with E-state index in [0.29, 0.717) is 65.8 Å². The van der Waals surface area contributed by atoms with Crippen LogP contribution in [0.15, 0.2) is 60.7 Å². The van der Waals surface area contributed by atoms with Crippen molar-refractivity contribution < 1.29 is 19.1 Å². The molecule has 2 saturated heterocycles. The lowest BCUT2D eigenvalue weighted by molar-refractivity contribution is -0.130. The summed E-state index contributed by atoms with van der Waals surface area (Å²) in [7, 11) is 3.23. The summed E-state index contributed by atoms with van der Waals surface area (Å²) < 4.78 is 11.4. The van der Waals surface area contributed by atoms with E-state index in [-0.39, 0.29) is 23.9 Å². The quantitative estimate of drug-likeness (QED) is 0.184. The summed E-state index contributed by atoms with van der Waals surface area (Å²) in [5.74, 6) is 1.25. The van der Waals surface area contributed by atoms with Gasteiger partial charge in [0.1, 0.15) is 0 Å². The first-order chi connectivity index (χ1) is 24.2. The van der Waals surface area contributed by atoms with Gasteiger partial charge in [-0.1, -0.05) is 65.7 Å². The van der Waals surface area contributed by atoms with Crippen LogP contribution in [-0.4, -0.2) is 84.6 Å². The monoisotopic (exact) mass is 716 g/mol. The molecule has 0 spiro atoms. The van der Waals surface area contributed by atoms with Crippen LogP contribution in [0.1, 0.15) is 43.9 Å². The number of nitrogens with one attached hydrogen (secondary N) is 2. The minimum Gasteiger partial charge on any atom is -0.481 e. The molecule has 50 heavy (non-hydrogen) atoms. The molecule has 4 heterocycles. The second kappa shape index (κ2) is 15.8. The first kappa shape index (κ1) is 35.6. The molecule has 12 heteroatoms. The number of carbonyl (C=O) groups excluding carboxylic acids is 2. The van der Waals surface area contributed by atoms with Gasteiger partial charge < -0.3 is 25.0 Å². The maximum Gasteiger partial charge on any atom is 0.220 e. The second-order valence-corrected chi connectivity index (χ2v) is 13.4. The van der Waals surface area contributed by atoms with E-state index in [1.165, 1.54) is 0 Å². The average Bonchev–Trinajstić information content (AvgIpc) is 3.56. The number of carbonyl (C=O) groups is 2. The third kappa shape index (κ3) is 7.58. The van der Waals surface area contributed by atoms with Gasteiger partial charge in [-0.05, 0) is 31.5 Å². The van der Waals surface area contributed by atoms with E-state index in [1.807, 2.05) is 65.6 Å². The fraction of sp³-hybridized carbons (Fsp3) is 0.368. The molecule has 2 N–H and O–H groups in total. The van der Waals surface area contributed by atoms with Gasteiger partial charge in [0.2, 0.25) is 23.6 Å². The average molecular weight is 718 g/mol. The van der Waals surface area contributed by atoms with E-state index in [0.717, 1.165) is 52.9 Å². The zero-order valence-electron chi connectivity index (χ0n) is 28.8. The Bertz CT molecular complexity index is 1880. The van der Waals surface area contributed by atoms with Crippen molar-refractivity contribution in [3.63, 3.8) is 0 Å². The van der Waals surface area contributed by atoms with Crippen molar-refractivity contribution in [2.45, 2.75) is 45.3 Å². The zero-order valence-corrected chi connectivity index (χ0v) is 30.3. The van der Waals surface area contributed by atoms with E-state index in [1.54, 1.807) is 21.1 Å². The third-order valence-electron chi connectivity index (χ3n) is 9.60. The second-order valence-electron chi connectivity index (χ2n) is 12.6. The Hall–Kier alpha value is -4.22. The van der Waals surface area contributed by atoms with Crippen LogP contribution in [0.2, 0.25) is 10.0 Å². The lowest BCUT2D eigenvalue weighted by atomic mass is 9.97. The van der Waals surface area contributed by atoms with Crippen molar-refractivity contribution in [1.29, 1.82) is 0 Å². The van der Waals surface area contributed by atoms with Gasteiger partial charge in [-0.25, -0.2) is 9.97 Å². The molecular weight excluding hydrogens is 675 g/mol. The van der Waals surface area contributed by atoms with Gasteiger partial charge in [-0.15, -0.1) is 0 Å². The van der Waals surface area contributed by atoms with Crippen molar-refractivity contribution in [2.75, 3.05) is 46.9 Å². The molecule has 0 saturated carbocycles. The van der Waals surface area contributed by atoms with Crippen LogP contribution in [0.3, 0.4) is 0 Å². The molecule has 1 unspecified atom stereocenters. The lowest BCUT2D eigenvalue weighted by Crippen LogP contribution is -2.48. The number of halogens is 2. The molecule has 2 aliphatic heterocycles. The van der Waals surface area contributed by atoms with Gasteiger partial charge in [0.25, 0.3) is 0 Å². The van der Waals surface area contributed by atoms with E-state index < -0.39 is 0 Å². The molecule has 2 fully saturated rings. The smallest absolute Gasteiger partial charge is 0.220 e. The van der Waals surface area contributed by atoms with E-state index >= 15 is 0 Å². The molecule has 0 bridgehead atoms. The minimum absolute atomic E-state index is 0.0580. The summed E-state index contributed by atoms with van der Waals surface area (Å²) in [6, 6.07) is 19.8. The molecule has 262 valence electrons. The van der Waals surface area contributed by atoms with Gasteiger partial charge >= 0.3 is 0 Å². The maximum atomic E-state index is 11.8. The van der Waals surface area contributed by atoms with Crippen LogP contribution >= 0.6 is 23.2 Å². The van der Waals surface area contributed by atoms with Crippen LogP contribution in [0, 0.1) is 0 Å². The van der Waals surface area contributed by atoms with Crippen molar-refractivity contribution in [3.05, 3.63) is 81.8 Å². The predicted octanol–water partition coefficient (Wildman–Crippen LogP) is 6.39. The molecular formula is C38H42Cl2N6O4. The fourth-order valence-electron chi connectivity index (χ4n) is 6.72. The summed E-state index contributed by atoms with van der Waals surface area (Å²) in [6.07, 6.45) is 1.41. The van der Waals surface area contributed by atoms with E-state index in [4.69, 9.17) is 42.6 Å². The first-order valence-electron chi connectivity index (χ1n) is 16.8. The summed E-state index contributed by atoms with van der Waals surface area (Å²) in [5.41, 5.74) is 6.28. The number of nitrogens with zero attached hydrogens (tertiary/aromatic N) is 4. The van der Waals surface area contributed by atoms with Crippen LogP contribution in [0.5, 0.6) is 11.8 Å². The minimum atomic E-state index is 0.0580. The summed E-state index contributed by atoms with van der Waals surface area (Å²) in [6.45, 7) is 7.96. The highest BCUT2D eigenvalue weighted by molar-refractivity contribution is 6.39. The molecule has 2 aromatic carbocycles. The van der Waals surface area contributed by atoms with Crippen molar-refractivity contribution in [2.24, 2.45) is 0 Å². The van der Waals surface area contributed by atoms with Crippen LogP contribution in [-0.2, 0) is 16.1 Å². The Balaban J connectivity index is 1.23. The number of benzene rings is 2. The number of piperazine rings is 1. The highest BCUT2D eigenvalue weighted by Crippen LogP contribution is 2.43. The van der Waals surface area contributed by atoms with Crippen molar-refractivity contribution in [1.82, 2.24) is 30.4 Å². The largest absolute Gasteiger partial charge is 0.481 e. The number of methoxy groups -OCH3 is 2. The molecule has 2 aromatic heterocycles. The van der Waals surface area contributed by atoms with Crippen molar-refractivity contribution in [3.8, 4) is 45.4 Å². The fourth-order valence-corrected chi connectivity index (χ4v) is 7.37. The van der Waals surface area contributed by atoms with E-state index in [9.17, 15) is 9.59 Å². The van der Waals surface area contributed by atoms with E-state index in [2.05, 4.69) is 22.5 Å². The van der Waals surface area contributed by atoms with Crippen LogP contribution < -0.4 is 20.1 Å². The normalized spacial score (nSPS) is 17.0. The lowest BCUT2D eigenvalue weighted by Gasteiger charge is -2.38.